The van der Waals surface area contributed by atoms with E-state index in [2.05, 4.69) is 5.32 Å². The van der Waals surface area contributed by atoms with Crippen molar-refractivity contribution >= 4 is 17.5 Å². The van der Waals surface area contributed by atoms with E-state index in [-0.39, 0.29) is 24.3 Å². The van der Waals surface area contributed by atoms with Gasteiger partial charge in [0.15, 0.2) is 0 Å². The average molecular weight is 276 g/mol. The monoisotopic (exact) mass is 276 g/mol. The molecule has 0 bridgehead atoms. The van der Waals surface area contributed by atoms with Crippen molar-refractivity contribution < 1.29 is 9.59 Å². The van der Waals surface area contributed by atoms with E-state index in [0.29, 0.717) is 0 Å². The summed E-state index contributed by atoms with van der Waals surface area (Å²) in [5.41, 5.74) is 1.92. The minimum Gasteiger partial charge on any atom is -0.336 e. The van der Waals surface area contributed by atoms with Gasteiger partial charge < -0.3 is 10.2 Å². The van der Waals surface area contributed by atoms with Gasteiger partial charge in [-0.2, -0.15) is 0 Å². The summed E-state index contributed by atoms with van der Waals surface area (Å²) in [6.45, 7) is 5.97. The molecule has 110 valence electrons. The molecular formula is C16H24N2O2. The first-order chi connectivity index (χ1) is 9.49. The van der Waals surface area contributed by atoms with Crippen LogP contribution >= 0.6 is 0 Å². The minimum atomic E-state index is -0.162. The number of nitrogens with one attached hydrogen (secondary N) is 1. The Labute approximate surface area is 121 Å². The predicted octanol–water partition coefficient (Wildman–Crippen LogP) is 2.69. The third-order valence-corrected chi connectivity index (χ3v) is 3.46. The second-order valence-corrected chi connectivity index (χ2v) is 5.06. The van der Waals surface area contributed by atoms with Crippen LogP contribution in [0.15, 0.2) is 24.3 Å². The molecule has 0 aliphatic heterocycles. The summed E-state index contributed by atoms with van der Waals surface area (Å²) in [7, 11) is 1.67. The number of nitrogens with zero attached hydrogens (tertiary/aromatic N) is 1. The Balaban J connectivity index is 2.62. The highest BCUT2D eigenvalue weighted by Crippen LogP contribution is 2.15. The van der Waals surface area contributed by atoms with Gasteiger partial charge in [0.1, 0.15) is 0 Å². The zero-order valence-corrected chi connectivity index (χ0v) is 12.8. The quantitative estimate of drug-likeness (QED) is 0.868. The van der Waals surface area contributed by atoms with Crippen molar-refractivity contribution in [3.8, 4) is 0 Å². The van der Waals surface area contributed by atoms with Crippen LogP contribution in [-0.2, 0) is 16.0 Å². The molecule has 4 nitrogen and oxygen atoms in total. The van der Waals surface area contributed by atoms with Crippen LogP contribution < -0.4 is 5.32 Å². The van der Waals surface area contributed by atoms with E-state index in [9.17, 15) is 9.59 Å². The number of hydrogen-bond donors (Lipinski definition) is 1. The molecule has 0 saturated heterocycles. The lowest BCUT2D eigenvalue weighted by atomic mass is 10.1. The lowest BCUT2D eigenvalue weighted by Gasteiger charge is -2.20. The van der Waals surface area contributed by atoms with Crippen molar-refractivity contribution in [2.24, 2.45) is 5.92 Å². The molecule has 4 heteroatoms. The summed E-state index contributed by atoms with van der Waals surface area (Å²) in [6.07, 6.45) is 1.64. The molecule has 0 heterocycles. The normalized spacial score (nSPS) is 11.8. The summed E-state index contributed by atoms with van der Waals surface area (Å²) in [4.78, 5) is 25.4. The van der Waals surface area contributed by atoms with Crippen molar-refractivity contribution in [3.63, 3.8) is 0 Å². The number of aryl methyl sites for hydroxylation is 1. The molecule has 1 atom stereocenters. The first kappa shape index (κ1) is 16.2. The Bertz CT molecular complexity index is 471. The summed E-state index contributed by atoms with van der Waals surface area (Å²) in [5.74, 6) is -0.202. The zero-order valence-electron chi connectivity index (χ0n) is 12.8. The number of amides is 2. The lowest BCUT2D eigenvalue weighted by Crippen LogP contribution is -2.37. The molecule has 0 aliphatic rings. The zero-order chi connectivity index (χ0) is 15.1. The van der Waals surface area contributed by atoms with Gasteiger partial charge in [0, 0.05) is 18.7 Å². The van der Waals surface area contributed by atoms with E-state index < -0.39 is 0 Å². The molecule has 0 fully saturated rings. The van der Waals surface area contributed by atoms with E-state index in [1.807, 2.05) is 45.0 Å². The maximum atomic E-state index is 12.0. The van der Waals surface area contributed by atoms with E-state index in [0.717, 1.165) is 24.1 Å². The van der Waals surface area contributed by atoms with Crippen LogP contribution in [0.1, 0.15) is 32.8 Å². The van der Waals surface area contributed by atoms with Crippen molar-refractivity contribution in [2.45, 2.75) is 33.6 Å². The van der Waals surface area contributed by atoms with E-state index in [1.165, 1.54) is 4.90 Å². The number of likely N-dealkylation sites (N-methyl/N-ethyl adjacent to an activating group) is 1. The van der Waals surface area contributed by atoms with Gasteiger partial charge >= 0.3 is 0 Å². The molecule has 20 heavy (non-hydrogen) atoms. The molecule has 0 aromatic heterocycles. The third-order valence-electron chi connectivity index (χ3n) is 3.46. The van der Waals surface area contributed by atoms with Crippen LogP contribution in [0, 0.1) is 5.92 Å². The van der Waals surface area contributed by atoms with Gasteiger partial charge in [0.25, 0.3) is 0 Å². The van der Waals surface area contributed by atoms with Gasteiger partial charge in [0.2, 0.25) is 11.8 Å². The molecule has 1 aromatic carbocycles. The molecule has 0 spiro atoms. The first-order valence-electron chi connectivity index (χ1n) is 7.12. The van der Waals surface area contributed by atoms with Crippen molar-refractivity contribution in [1.82, 2.24) is 4.90 Å². The average Bonchev–Trinajstić information content (AvgIpc) is 2.45. The number of benzene rings is 1. The van der Waals surface area contributed by atoms with Gasteiger partial charge in [0.05, 0.1) is 6.54 Å². The van der Waals surface area contributed by atoms with Crippen molar-refractivity contribution in [2.75, 3.05) is 18.9 Å². The fourth-order valence-electron chi connectivity index (χ4n) is 1.98. The summed E-state index contributed by atoms with van der Waals surface area (Å²) in [6, 6.07) is 7.72. The van der Waals surface area contributed by atoms with E-state index in [4.69, 9.17) is 0 Å². The Morgan fingerprint density at radius 1 is 1.25 bits per heavy atom. The predicted molar refractivity (Wildman–Crippen MR) is 81.5 cm³/mol. The van der Waals surface area contributed by atoms with Crippen LogP contribution in [0.25, 0.3) is 0 Å². The Morgan fingerprint density at radius 2 is 1.90 bits per heavy atom. The van der Waals surface area contributed by atoms with Gasteiger partial charge in [-0.15, -0.1) is 0 Å². The Kier molecular flexibility index (Phi) is 6.22. The fraction of sp³-hybridized carbons (Fsp3) is 0.500. The third kappa shape index (κ3) is 4.37. The van der Waals surface area contributed by atoms with Crippen molar-refractivity contribution in [3.05, 3.63) is 29.8 Å². The molecule has 2 amide bonds. The Hall–Kier alpha value is -1.84. The highest BCUT2D eigenvalue weighted by atomic mass is 16.2. The maximum Gasteiger partial charge on any atom is 0.243 e. The number of para-hydroxylation sites is 1. The van der Waals surface area contributed by atoms with Crippen LogP contribution in [0.3, 0.4) is 0 Å². The van der Waals surface area contributed by atoms with Gasteiger partial charge in [-0.3, -0.25) is 9.59 Å². The molecule has 0 saturated carbocycles. The first-order valence-corrected chi connectivity index (χ1v) is 7.12. The summed E-state index contributed by atoms with van der Waals surface area (Å²) < 4.78 is 0. The topological polar surface area (TPSA) is 49.4 Å². The molecule has 1 rings (SSSR count). The largest absolute Gasteiger partial charge is 0.336 e. The summed E-state index contributed by atoms with van der Waals surface area (Å²) in [5, 5.41) is 2.87. The van der Waals surface area contributed by atoms with Gasteiger partial charge in [-0.1, -0.05) is 39.0 Å². The standard InChI is InChI=1S/C16H24N2O2/c1-5-12(3)16(20)18(4)11-15(19)17-14-10-8-7-9-13(14)6-2/h7-10,12H,5-6,11H2,1-4H3,(H,17,19). The highest BCUT2D eigenvalue weighted by Gasteiger charge is 2.18. The second kappa shape index (κ2) is 7.68. The van der Waals surface area contributed by atoms with Crippen LogP contribution in [0.2, 0.25) is 0 Å². The summed E-state index contributed by atoms with van der Waals surface area (Å²) >= 11 is 0. The number of carbonyl (C=O) groups is 2. The number of hydrogen-bond acceptors (Lipinski definition) is 2. The van der Waals surface area contributed by atoms with Crippen LogP contribution in [0.4, 0.5) is 5.69 Å². The van der Waals surface area contributed by atoms with Crippen molar-refractivity contribution in [1.29, 1.82) is 0 Å². The Morgan fingerprint density at radius 3 is 2.50 bits per heavy atom. The van der Waals surface area contributed by atoms with Crippen LogP contribution in [-0.4, -0.2) is 30.3 Å². The highest BCUT2D eigenvalue weighted by molar-refractivity contribution is 5.95. The number of carbonyl (C=O) groups excluding carboxylic acids is 2. The minimum absolute atomic E-state index is 0.00595. The molecule has 0 radical (unpaired) electrons. The second-order valence-electron chi connectivity index (χ2n) is 5.06. The molecule has 1 unspecified atom stereocenters. The smallest absolute Gasteiger partial charge is 0.243 e. The van der Waals surface area contributed by atoms with Gasteiger partial charge in [-0.05, 0) is 24.5 Å². The van der Waals surface area contributed by atoms with E-state index in [1.54, 1.807) is 7.05 Å². The van der Waals surface area contributed by atoms with Gasteiger partial charge in [-0.25, -0.2) is 0 Å². The van der Waals surface area contributed by atoms with Crippen LogP contribution in [0.5, 0.6) is 0 Å². The molecular weight excluding hydrogens is 252 g/mol. The molecule has 1 aromatic rings. The SMILES string of the molecule is CCc1ccccc1NC(=O)CN(C)C(=O)C(C)CC. The van der Waals surface area contributed by atoms with E-state index >= 15 is 0 Å². The molecule has 1 N–H and O–H groups in total. The fourth-order valence-corrected chi connectivity index (χ4v) is 1.98. The lowest BCUT2D eigenvalue weighted by molar-refractivity contribution is -0.136. The number of anilines is 1. The maximum absolute atomic E-state index is 12.0. The number of rotatable bonds is 6. The molecule has 0 aliphatic carbocycles.